The van der Waals surface area contributed by atoms with Crippen LogP contribution in [0.25, 0.3) is 0 Å². The monoisotopic (exact) mass is 170 g/mol. The second-order valence-electron chi connectivity index (χ2n) is 4.06. The van der Waals surface area contributed by atoms with Crippen molar-refractivity contribution in [3.05, 3.63) is 0 Å². The van der Waals surface area contributed by atoms with Gasteiger partial charge in [-0.25, -0.2) is 0 Å². The maximum Gasteiger partial charge on any atom is 0.0679 e. The molecule has 3 nitrogen and oxygen atoms in total. The molecule has 12 heavy (non-hydrogen) atoms. The Labute approximate surface area is 73.8 Å². The zero-order valence-corrected chi connectivity index (χ0v) is 7.50. The quantitative estimate of drug-likeness (QED) is 0.595. The summed E-state index contributed by atoms with van der Waals surface area (Å²) in [5, 5.41) is 12.7. The van der Waals surface area contributed by atoms with Gasteiger partial charge in [0.05, 0.1) is 6.10 Å². The van der Waals surface area contributed by atoms with Crippen LogP contribution in [0.5, 0.6) is 0 Å². The fraction of sp³-hybridized carbons (Fsp3) is 1.00. The first kappa shape index (κ1) is 8.48. The van der Waals surface area contributed by atoms with Crippen molar-refractivity contribution in [1.82, 2.24) is 10.2 Å². The van der Waals surface area contributed by atoms with E-state index in [9.17, 15) is 5.11 Å². The Morgan fingerprint density at radius 1 is 1.42 bits per heavy atom. The average molecular weight is 170 g/mol. The lowest BCUT2D eigenvalue weighted by Gasteiger charge is -2.18. The summed E-state index contributed by atoms with van der Waals surface area (Å²) in [6.07, 6.45) is 2.23. The maximum atomic E-state index is 9.32. The van der Waals surface area contributed by atoms with Gasteiger partial charge in [-0.05, 0) is 31.8 Å². The Balaban J connectivity index is 1.72. The molecule has 0 aromatic rings. The van der Waals surface area contributed by atoms with Crippen molar-refractivity contribution in [1.29, 1.82) is 0 Å². The second kappa shape index (κ2) is 3.73. The van der Waals surface area contributed by atoms with E-state index < -0.39 is 0 Å². The summed E-state index contributed by atoms with van der Waals surface area (Å²) in [6, 6.07) is 0. The molecule has 0 aromatic heterocycles. The molecule has 0 aromatic carbocycles. The number of nitrogens with zero attached hydrogens (tertiary/aromatic N) is 1. The summed E-state index contributed by atoms with van der Waals surface area (Å²) in [7, 11) is 0. The Kier molecular flexibility index (Phi) is 2.63. The minimum atomic E-state index is -0.0561. The van der Waals surface area contributed by atoms with Gasteiger partial charge in [0.15, 0.2) is 0 Å². The van der Waals surface area contributed by atoms with E-state index in [1.54, 1.807) is 0 Å². The highest BCUT2D eigenvalue weighted by atomic mass is 16.3. The van der Waals surface area contributed by atoms with Crippen LogP contribution in [0.15, 0.2) is 0 Å². The Morgan fingerprint density at radius 2 is 2.33 bits per heavy atom. The number of hydrogen-bond donors (Lipinski definition) is 2. The van der Waals surface area contributed by atoms with Gasteiger partial charge >= 0.3 is 0 Å². The van der Waals surface area contributed by atoms with Gasteiger partial charge in [-0.1, -0.05) is 0 Å². The molecule has 0 spiro atoms. The molecule has 2 atom stereocenters. The predicted octanol–water partition coefficient (Wildman–Crippen LogP) is -0.337. The molecule has 2 heterocycles. The maximum absolute atomic E-state index is 9.32. The fourth-order valence-electron chi connectivity index (χ4n) is 2.21. The summed E-state index contributed by atoms with van der Waals surface area (Å²) < 4.78 is 0. The van der Waals surface area contributed by atoms with Crippen LogP contribution in [0, 0.1) is 5.92 Å². The molecular formula is C9H18N2O. The third kappa shape index (κ3) is 1.97. The largest absolute Gasteiger partial charge is 0.392 e. The molecule has 0 unspecified atom stereocenters. The van der Waals surface area contributed by atoms with Crippen LogP contribution in [-0.4, -0.2) is 48.8 Å². The number of nitrogens with one attached hydrogen (secondary N) is 1. The Hall–Kier alpha value is -0.120. The van der Waals surface area contributed by atoms with Crippen LogP contribution in [-0.2, 0) is 0 Å². The summed E-state index contributed by atoms with van der Waals surface area (Å²) >= 11 is 0. The average Bonchev–Trinajstić information content (AvgIpc) is 2.63. The van der Waals surface area contributed by atoms with Gasteiger partial charge in [0.2, 0.25) is 0 Å². The predicted molar refractivity (Wildman–Crippen MR) is 48.0 cm³/mol. The van der Waals surface area contributed by atoms with Crippen molar-refractivity contribution in [3.8, 4) is 0 Å². The van der Waals surface area contributed by atoms with E-state index in [1.165, 1.54) is 26.1 Å². The number of β-amino-alcohol motifs (C(OH)–C–C–N with tert-alkyl or cyclic N) is 1. The number of likely N-dealkylation sites (tertiary alicyclic amines) is 1. The molecule has 2 aliphatic rings. The Bertz CT molecular complexity index is 145. The van der Waals surface area contributed by atoms with Gasteiger partial charge < -0.3 is 15.3 Å². The molecule has 0 aliphatic carbocycles. The van der Waals surface area contributed by atoms with Crippen molar-refractivity contribution in [2.45, 2.75) is 18.9 Å². The van der Waals surface area contributed by atoms with Gasteiger partial charge in [0, 0.05) is 19.6 Å². The molecule has 2 saturated heterocycles. The topological polar surface area (TPSA) is 35.5 Å². The van der Waals surface area contributed by atoms with Gasteiger partial charge in [0.1, 0.15) is 0 Å². The first-order valence-electron chi connectivity index (χ1n) is 4.96. The summed E-state index contributed by atoms with van der Waals surface area (Å²) in [5.74, 6) is 0.829. The van der Waals surface area contributed by atoms with Crippen molar-refractivity contribution in [2.24, 2.45) is 5.92 Å². The number of aliphatic hydroxyl groups excluding tert-OH is 1. The van der Waals surface area contributed by atoms with E-state index in [2.05, 4.69) is 10.2 Å². The van der Waals surface area contributed by atoms with Crippen molar-refractivity contribution in [2.75, 3.05) is 32.7 Å². The summed E-state index contributed by atoms with van der Waals surface area (Å²) in [4.78, 5) is 2.39. The fourth-order valence-corrected chi connectivity index (χ4v) is 2.21. The second-order valence-corrected chi connectivity index (χ2v) is 4.06. The van der Waals surface area contributed by atoms with Gasteiger partial charge in [-0.2, -0.15) is 0 Å². The van der Waals surface area contributed by atoms with Crippen molar-refractivity contribution < 1.29 is 5.11 Å². The lowest BCUT2D eigenvalue weighted by molar-refractivity contribution is 0.171. The number of aliphatic hydroxyl groups is 1. The standard InChI is InChI=1S/C9H18N2O/c12-9-2-4-11(7-9)6-8-1-3-10-5-8/h8-10,12H,1-7H2/t8-,9-/m1/s1. The third-order valence-corrected chi connectivity index (χ3v) is 2.93. The van der Waals surface area contributed by atoms with E-state index in [4.69, 9.17) is 0 Å². The molecule has 0 bridgehead atoms. The zero-order valence-electron chi connectivity index (χ0n) is 7.50. The van der Waals surface area contributed by atoms with E-state index in [-0.39, 0.29) is 6.10 Å². The zero-order chi connectivity index (χ0) is 8.39. The molecule has 2 fully saturated rings. The molecule has 0 amide bonds. The molecule has 2 aliphatic heterocycles. The molecule has 3 heteroatoms. The van der Waals surface area contributed by atoms with Crippen LogP contribution in [0.3, 0.4) is 0 Å². The van der Waals surface area contributed by atoms with Crippen LogP contribution in [0.2, 0.25) is 0 Å². The minimum absolute atomic E-state index is 0.0561. The summed E-state index contributed by atoms with van der Waals surface area (Å²) in [5.41, 5.74) is 0. The lowest BCUT2D eigenvalue weighted by Crippen LogP contribution is -2.29. The highest BCUT2D eigenvalue weighted by Crippen LogP contribution is 2.14. The van der Waals surface area contributed by atoms with Crippen LogP contribution < -0.4 is 5.32 Å². The van der Waals surface area contributed by atoms with E-state index in [0.717, 1.165) is 25.4 Å². The minimum Gasteiger partial charge on any atom is -0.392 e. The SMILES string of the molecule is O[C@@H]1CCN(C[C@@H]2CCNC2)C1. The van der Waals surface area contributed by atoms with E-state index in [1.807, 2.05) is 0 Å². The highest BCUT2D eigenvalue weighted by Gasteiger charge is 2.24. The van der Waals surface area contributed by atoms with Crippen LogP contribution >= 0.6 is 0 Å². The van der Waals surface area contributed by atoms with Gasteiger partial charge in [-0.3, -0.25) is 0 Å². The third-order valence-electron chi connectivity index (χ3n) is 2.93. The lowest BCUT2D eigenvalue weighted by atomic mass is 10.1. The molecule has 0 saturated carbocycles. The molecule has 0 radical (unpaired) electrons. The van der Waals surface area contributed by atoms with Crippen molar-refractivity contribution >= 4 is 0 Å². The van der Waals surface area contributed by atoms with Crippen LogP contribution in [0.4, 0.5) is 0 Å². The summed E-state index contributed by atoms with van der Waals surface area (Å²) in [6.45, 7) is 5.53. The van der Waals surface area contributed by atoms with Gasteiger partial charge in [0.25, 0.3) is 0 Å². The first-order valence-corrected chi connectivity index (χ1v) is 4.96. The molecule has 2 N–H and O–H groups in total. The van der Waals surface area contributed by atoms with E-state index in [0.29, 0.717) is 0 Å². The molecule has 70 valence electrons. The van der Waals surface area contributed by atoms with Crippen LogP contribution in [0.1, 0.15) is 12.8 Å². The van der Waals surface area contributed by atoms with Gasteiger partial charge in [-0.15, -0.1) is 0 Å². The number of rotatable bonds is 2. The smallest absolute Gasteiger partial charge is 0.0679 e. The first-order chi connectivity index (χ1) is 5.84. The normalized spacial score (nSPS) is 37.8. The molecular weight excluding hydrogens is 152 g/mol. The van der Waals surface area contributed by atoms with E-state index >= 15 is 0 Å². The Morgan fingerprint density at radius 3 is 2.92 bits per heavy atom. The van der Waals surface area contributed by atoms with Crippen molar-refractivity contribution in [3.63, 3.8) is 0 Å². The molecule has 2 rings (SSSR count). The highest BCUT2D eigenvalue weighted by molar-refractivity contribution is 4.80. The number of hydrogen-bond acceptors (Lipinski definition) is 3.